The fraction of sp³-hybridized carbons (Fsp3) is 0.571. The fourth-order valence-electron chi connectivity index (χ4n) is 4.83. The van der Waals surface area contributed by atoms with Gasteiger partial charge in [-0.1, -0.05) is 0 Å². The summed E-state index contributed by atoms with van der Waals surface area (Å²) in [5, 5.41) is 4.44. The van der Waals surface area contributed by atoms with Gasteiger partial charge in [-0.05, 0) is 26.2 Å². The van der Waals surface area contributed by atoms with E-state index in [4.69, 9.17) is 14.7 Å². The number of aromatic nitrogens is 6. The summed E-state index contributed by atoms with van der Waals surface area (Å²) in [4.78, 5) is 29.6. The van der Waals surface area contributed by atoms with Crippen LogP contribution in [0.1, 0.15) is 59.7 Å². The lowest BCUT2D eigenvalue weighted by atomic mass is 10.0. The van der Waals surface area contributed by atoms with Gasteiger partial charge in [0.25, 0.3) is 5.56 Å². The molecule has 156 valence electrons. The molecule has 2 fully saturated rings. The van der Waals surface area contributed by atoms with Crippen LogP contribution in [-0.4, -0.2) is 48.9 Å². The van der Waals surface area contributed by atoms with Crippen molar-refractivity contribution in [3.63, 3.8) is 0 Å². The summed E-state index contributed by atoms with van der Waals surface area (Å²) in [5.41, 5.74) is 3.75. The molecule has 1 atom stereocenters. The van der Waals surface area contributed by atoms with E-state index in [2.05, 4.69) is 15.0 Å². The molecule has 3 aliphatic rings. The van der Waals surface area contributed by atoms with Crippen molar-refractivity contribution in [2.24, 2.45) is 7.05 Å². The Bertz CT molecular complexity index is 1200. The fourth-order valence-corrected chi connectivity index (χ4v) is 4.83. The first-order valence-electron chi connectivity index (χ1n) is 10.7. The van der Waals surface area contributed by atoms with E-state index in [1.54, 1.807) is 10.9 Å². The molecule has 0 radical (unpaired) electrons. The van der Waals surface area contributed by atoms with Crippen molar-refractivity contribution < 1.29 is 4.74 Å². The number of aryl methyl sites for hydroxylation is 1. The quantitative estimate of drug-likeness (QED) is 0.649. The molecule has 0 bridgehead atoms. The van der Waals surface area contributed by atoms with E-state index in [-0.39, 0.29) is 11.5 Å². The van der Waals surface area contributed by atoms with Crippen molar-refractivity contribution in [2.45, 2.75) is 51.0 Å². The number of fused-ring (bicyclic) bond motifs is 2. The van der Waals surface area contributed by atoms with Gasteiger partial charge in [-0.3, -0.25) is 9.36 Å². The van der Waals surface area contributed by atoms with Crippen LogP contribution in [0.3, 0.4) is 0 Å². The molecule has 0 aromatic carbocycles. The minimum atomic E-state index is 0.0748. The number of hydrogen-bond donors (Lipinski definition) is 0. The minimum absolute atomic E-state index is 0.0748. The first-order chi connectivity index (χ1) is 14.6. The van der Waals surface area contributed by atoms with Crippen LogP contribution in [0.5, 0.6) is 0 Å². The summed E-state index contributed by atoms with van der Waals surface area (Å²) in [5.74, 6) is 3.35. The third-order valence-corrected chi connectivity index (χ3v) is 6.63. The maximum atomic E-state index is 13.1. The maximum Gasteiger partial charge on any atom is 0.258 e. The van der Waals surface area contributed by atoms with Crippen LogP contribution in [0.2, 0.25) is 0 Å². The molecular formula is C21H25N7O2. The molecule has 5 heterocycles. The Kier molecular flexibility index (Phi) is 3.96. The Hall–Kier alpha value is -2.81. The largest absolute Gasteiger partial charge is 0.381 e. The van der Waals surface area contributed by atoms with E-state index in [1.165, 1.54) is 0 Å². The topological polar surface area (TPSA) is 90.4 Å². The molecule has 1 aliphatic carbocycles. The SMILES string of the molecule is Cc1nc([C@@H]2CCOC2)c2c(N3CCc4nc(C5CC5)n(C)c(=O)c4C3)ncnn12. The normalized spacial score (nSPS) is 21.4. The van der Waals surface area contributed by atoms with Gasteiger partial charge < -0.3 is 9.64 Å². The van der Waals surface area contributed by atoms with Crippen LogP contribution >= 0.6 is 0 Å². The number of imidazole rings is 1. The number of nitrogens with zero attached hydrogens (tertiary/aromatic N) is 7. The predicted molar refractivity (Wildman–Crippen MR) is 110 cm³/mol. The van der Waals surface area contributed by atoms with Crippen LogP contribution in [-0.2, 0) is 24.8 Å². The number of ether oxygens (including phenoxy) is 1. The number of anilines is 1. The maximum absolute atomic E-state index is 13.1. The van der Waals surface area contributed by atoms with E-state index in [0.29, 0.717) is 19.1 Å². The molecule has 1 saturated carbocycles. The molecular weight excluding hydrogens is 382 g/mol. The first kappa shape index (κ1) is 18.0. The van der Waals surface area contributed by atoms with Crippen molar-refractivity contribution in [3.8, 4) is 0 Å². The van der Waals surface area contributed by atoms with Gasteiger partial charge in [-0.25, -0.2) is 19.5 Å². The molecule has 3 aromatic rings. The van der Waals surface area contributed by atoms with Crippen LogP contribution < -0.4 is 10.5 Å². The van der Waals surface area contributed by atoms with E-state index in [0.717, 1.165) is 78.8 Å². The minimum Gasteiger partial charge on any atom is -0.381 e. The molecule has 3 aromatic heterocycles. The monoisotopic (exact) mass is 407 g/mol. The molecule has 2 aliphatic heterocycles. The van der Waals surface area contributed by atoms with Gasteiger partial charge in [-0.15, -0.1) is 0 Å². The lowest BCUT2D eigenvalue weighted by Crippen LogP contribution is -2.39. The second-order valence-corrected chi connectivity index (χ2v) is 8.65. The zero-order chi connectivity index (χ0) is 20.4. The van der Waals surface area contributed by atoms with Crippen LogP contribution in [0, 0.1) is 6.92 Å². The van der Waals surface area contributed by atoms with Gasteiger partial charge in [0, 0.05) is 38.5 Å². The standard InChI is InChI=1S/C21H25N7O2/c1-12-24-17(14-6-8-30-10-14)18-20(22-11-23-28(12)18)27-7-5-16-15(9-27)21(29)26(2)19(25-16)13-3-4-13/h11,13-14H,3-10H2,1-2H3/t14-/m1/s1. The number of hydrogen-bond acceptors (Lipinski definition) is 7. The second-order valence-electron chi connectivity index (χ2n) is 8.65. The summed E-state index contributed by atoms with van der Waals surface area (Å²) >= 11 is 0. The van der Waals surface area contributed by atoms with Crippen molar-refractivity contribution in [3.05, 3.63) is 45.3 Å². The van der Waals surface area contributed by atoms with Gasteiger partial charge in [0.2, 0.25) is 0 Å². The summed E-state index contributed by atoms with van der Waals surface area (Å²) in [6, 6.07) is 0. The highest BCUT2D eigenvalue weighted by molar-refractivity contribution is 5.73. The van der Waals surface area contributed by atoms with Crippen molar-refractivity contribution >= 4 is 11.3 Å². The lowest BCUT2D eigenvalue weighted by Gasteiger charge is -2.30. The Morgan fingerprint density at radius 2 is 2.03 bits per heavy atom. The van der Waals surface area contributed by atoms with Gasteiger partial charge >= 0.3 is 0 Å². The molecule has 0 N–H and O–H groups in total. The highest BCUT2D eigenvalue weighted by Crippen LogP contribution is 2.39. The third kappa shape index (κ3) is 2.68. The average Bonchev–Trinajstić information content (AvgIpc) is 3.35. The Labute approximate surface area is 173 Å². The summed E-state index contributed by atoms with van der Waals surface area (Å²) in [7, 11) is 1.85. The van der Waals surface area contributed by atoms with Crippen LogP contribution in [0.15, 0.2) is 11.1 Å². The van der Waals surface area contributed by atoms with E-state index < -0.39 is 0 Å². The summed E-state index contributed by atoms with van der Waals surface area (Å²) in [6.45, 7) is 4.69. The lowest BCUT2D eigenvalue weighted by molar-refractivity contribution is 0.193. The van der Waals surface area contributed by atoms with Gasteiger partial charge in [0.1, 0.15) is 23.5 Å². The van der Waals surface area contributed by atoms with Gasteiger partial charge in [0.05, 0.1) is 30.1 Å². The van der Waals surface area contributed by atoms with Crippen molar-refractivity contribution in [1.29, 1.82) is 0 Å². The first-order valence-corrected chi connectivity index (χ1v) is 10.7. The Balaban J connectivity index is 1.44. The highest BCUT2D eigenvalue weighted by atomic mass is 16.5. The predicted octanol–water partition coefficient (Wildman–Crippen LogP) is 1.47. The smallest absolute Gasteiger partial charge is 0.258 e. The van der Waals surface area contributed by atoms with Crippen LogP contribution in [0.25, 0.3) is 5.52 Å². The number of rotatable bonds is 3. The molecule has 9 heteroatoms. The molecule has 1 saturated heterocycles. The average molecular weight is 407 g/mol. The van der Waals surface area contributed by atoms with E-state index in [9.17, 15) is 4.79 Å². The summed E-state index contributed by atoms with van der Waals surface area (Å²) in [6.07, 6.45) is 5.55. The molecule has 0 unspecified atom stereocenters. The third-order valence-electron chi connectivity index (χ3n) is 6.63. The van der Waals surface area contributed by atoms with Crippen LogP contribution in [0.4, 0.5) is 5.82 Å². The second kappa shape index (κ2) is 6.60. The molecule has 6 rings (SSSR count). The van der Waals surface area contributed by atoms with E-state index >= 15 is 0 Å². The van der Waals surface area contributed by atoms with Crippen molar-refractivity contribution in [2.75, 3.05) is 24.7 Å². The zero-order valence-electron chi connectivity index (χ0n) is 17.3. The van der Waals surface area contributed by atoms with Crippen molar-refractivity contribution in [1.82, 2.24) is 29.1 Å². The molecule has 0 spiro atoms. The van der Waals surface area contributed by atoms with E-state index in [1.807, 2.05) is 18.5 Å². The summed E-state index contributed by atoms with van der Waals surface area (Å²) < 4.78 is 9.23. The van der Waals surface area contributed by atoms with Gasteiger partial charge in [-0.2, -0.15) is 5.10 Å². The molecule has 9 nitrogen and oxygen atoms in total. The highest BCUT2D eigenvalue weighted by Gasteiger charge is 2.33. The zero-order valence-corrected chi connectivity index (χ0v) is 17.3. The molecule has 0 amide bonds. The Morgan fingerprint density at radius 3 is 2.80 bits per heavy atom. The van der Waals surface area contributed by atoms with Gasteiger partial charge in [0.15, 0.2) is 5.82 Å². The Morgan fingerprint density at radius 1 is 1.17 bits per heavy atom. The molecule has 30 heavy (non-hydrogen) atoms.